The highest BCUT2D eigenvalue weighted by molar-refractivity contribution is 6.30. The van der Waals surface area contributed by atoms with Gasteiger partial charge in [0.15, 0.2) is 0 Å². The Hall–Kier alpha value is -1.86. The molecule has 154 valence electrons. The molecule has 0 spiro atoms. The van der Waals surface area contributed by atoms with Crippen molar-refractivity contribution in [3.05, 3.63) is 34.1 Å². The van der Waals surface area contributed by atoms with Crippen LogP contribution < -0.4 is 5.32 Å². The van der Waals surface area contributed by atoms with Crippen LogP contribution in [0.2, 0.25) is 5.02 Å². The SMILES string of the molecule is Cc1cc(F)c(Cl)cc1CNC(=O)N(C1CC1)[C@@H]1CCCN(C(=O)CCO)C1. The minimum atomic E-state index is -0.469. The van der Waals surface area contributed by atoms with Crippen molar-refractivity contribution in [1.82, 2.24) is 15.1 Å². The van der Waals surface area contributed by atoms with Gasteiger partial charge in [-0.3, -0.25) is 4.79 Å². The van der Waals surface area contributed by atoms with Gasteiger partial charge in [0.05, 0.1) is 17.7 Å². The van der Waals surface area contributed by atoms with Crippen molar-refractivity contribution in [2.75, 3.05) is 19.7 Å². The molecule has 2 aliphatic rings. The normalized spacial score (nSPS) is 19.4. The predicted octanol–water partition coefficient (Wildman–Crippen LogP) is 2.83. The Labute approximate surface area is 169 Å². The van der Waals surface area contributed by atoms with E-state index in [-0.39, 0.29) is 48.6 Å². The monoisotopic (exact) mass is 411 g/mol. The first kappa shape index (κ1) is 20.9. The quantitative estimate of drug-likeness (QED) is 0.756. The number of carbonyl (C=O) groups excluding carboxylic acids is 2. The first-order chi connectivity index (χ1) is 13.4. The van der Waals surface area contributed by atoms with Crippen LogP contribution >= 0.6 is 11.6 Å². The van der Waals surface area contributed by atoms with E-state index in [9.17, 15) is 14.0 Å². The summed E-state index contributed by atoms with van der Waals surface area (Å²) >= 11 is 5.86. The van der Waals surface area contributed by atoms with E-state index in [4.69, 9.17) is 16.7 Å². The second-order valence-electron chi connectivity index (χ2n) is 7.60. The molecule has 0 bridgehead atoms. The number of aliphatic hydroxyl groups is 1. The lowest BCUT2D eigenvalue weighted by Gasteiger charge is -2.39. The van der Waals surface area contributed by atoms with Gasteiger partial charge in [-0.25, -0.2) is 9.18 Å². The Morgan fingerprint density at radius 2 is 2.07 bits per heavy atom. The summed E-state index contributed by atoms with van der Waals surface area (Å²) in [5, 5.41) is 12.0. The molecule has 1 atom stereocenters. The zero-order chi connectivity index (χ0) is 20.3. The number of hydrogen-bond acceptors (Lipinski definition) is 3. The average molecular weight is 412 g/mol. The molecule has 8 heteroatoms. The molecule has 28 heavy (non-hydrogen) atoms. The van der Waals surface area contributed by atoms with E-state index in [1.807, 2.05) is 4.90 Å². The second kappa shape index (κ2) is 9.09. The van der Waals surface area contributed by atoms with Crippen LogP contribution in [0.1, 0.15) is 43.2 Å². The molecule has 2 fully saturated rings. The summed E-state index contributed by atoms with van der Waals surface area (Å²) in [4.78, 5) is 28.7. The maximum atomic E-state index is 13.5. The summed E-state index contributed by atoms with van der Waals surface area (Å²) in [5.74, 6) is -0.538. The number of halogens is 2. The number of aryl methyl sites for hydroxylation is 1. The number of benzene rings is 1. The zero-order valence-corrected chi connectivity index (χ0v) is 16.8. The van der Waals surface area contributed by atoms with Crippen LogP contribution in [0.3, 0.4) is 0 Å². The van der Waals surface area contributed by atoms with E-state index in [1.165, 1.54) is 6.07 Å². The number of nitrogens with zero attached hydrogens (tertiary/aromatic N) is 2. The van der Waals surface area contributed by atoms with Gasteiger partial charge in [0.25, 0.3) is 0 Å². The lowest BCUT2D eigenvalue weighted by molar-refractivity contribution is -0.133. The van der Waals surface area contributed by atoms with Gasteiger partial charge in [0.1, 0.15) is 5.82 Å². The van der Waals surface area contributed by atoms with Crippen LogP contribution in [-0.2, 0) is 11.3 Å². The largest absolute Gasteiger partial charge is 0.396 e. The van der Waals surface area contributed by atoms with E-state index in [0.717, 1.165) is 36.8 Å². The van der Waals surface area contributed by atoms with Crippen LogP contribution in [-0.4, -0.2) is 58.6 Å². The Bertz CT molecular complexity index is 742. The first-order valence-corrected chi connectivity index (χ1v) is 10.2. The third-order valence-electron chi connectivity index (χ3n) is 5.45. The molecule has 6 nitrogen and oxygen atoms in total. The lowest BCUT2D eigenvalue weighted by atomic mass is 10.0. The van der Waals surface area contributed by atoms with Crippen LogP contribution in [0.15, 0.2) is 12.1 Å². The van der Waals surface area contributed by atoms with Gasteiger partial charge in [0, 0.05) is 32.1 Å². The Balaban J connectivity index is 1.64. The van der Waals surface area contributed by atoms with E-state index in [0.29, 0.717) is 13.1 Å². The summed E-state index contributed by atoms with van der Waals surface area (Å²) in [6.07, 6.45) is 3.75. The number of urea groups is 1. The standard InChI is InChI=1S/C20H27ClFN3O3/c1-13-9-18(22)17(21)10-14(13)11-23-20(28)25(15-4-5-15)16-3-2-7-24(12-16)19(27)6-8-26/h9-10,15-16,26H,2-8,11-12H2,1H3,(H,23,28)/t16-/m1/s1. The molecule has 2 N–H and O–H groups in total. The molecule has 0 radical (unpaired) electrons. The van der Waals surface area contributed by atoms with Crippen LogP contribution in [0, 0.1) is 12.7 Å². The predicted molar refractivity (Wildman–Crippen MR) is 105 cm³/mol. The maximum Gasteiger partial charge on any atom is 0.318 e. The minimum absolute atomic E-state index is 0.0261. The molecule has 0 unspecified atom stereocenters. The smallest absolute Gasteiger partial charge is 0.318 e. The van der Waals surface area contributed by atoms with Crippen molar-refractivity contribution in [3.8, 4) is 0 Å². The fourth-order valence-electron chi connectivity index (χ4n) is 3.78. The number of piperidine rings is 1. The number of rotatable bonds is 6. The highest BCUT2D eigenvalue weighted by Gasteiger charge is 2.39. The fraction of sp³-hybridized carbons (Fsp3) is 0.600. The summed E-state index contributed by atoms with van der Waals surface area (Å²) in [6, 6.07) is 2.93. The molecule has 1 saturated carbocycles. The van der Waals surface area contributed by atoms with Crippen molar-refractivity contribution < 1.29 is 19.1 Å². The van der Waals surface area contributed by atoms with Crippen molar-refractivity contribution in [2.45, 2.75) is 57.7 Å². The summed E-state index contributed by atoms with van der Waals surface area (Å²) in [6.45, 7) is 3.07. The number of nitrogens with one attached hydrogen (secondary N) is 1. The molecule has 1 heterocycles. The first-order valence-electron chi connectivity index (χ1n) is 9.80. The van der Waals surface area contributed by atoms with Gasteiger partial charge < -0.3 is 20.2 Å². The molecule has 3 amide bonds. The van der Waals surface area contributed by atoms with Crippen LogP contribution in [0.5, 0.6) is 0 Å². The van der Waals surface area contributed by atoms with Crippen molar-refractivity contribution in [3.63, 3.8) is 0 Å². The van der Waals surface area contributed by atoms with Crippen LogP contribution in [0.4, 0.5) is 9.18 Å². The molecule has 1 aliphatic carbocycles. The number of aliphatic hydroxyl groups excluding tert-OH is 1. The van der Waals surface area contributed by atoms with E-state index in [2.05, 4.69) is 5.32 Å². The Morgan fingerprint density at radius 1 is 1.32 bits per heavy atom. The van der Waals surface area contributed by atoms with Gasteiger partial charge in [-0.2, -0.15) is 0 Å². The molecule has 0 aromatic heterocycles. The van der Waals surface area contributed by atoms with E-state index < -0.39 is 5.82 Å². The zero-order valence-electron chi connectivity index (χ0n) is 16.1. The van der Waals surface area contributed by atoms with Gasteiger partial charge in [-0.05, 0) is 55.9 Å². The topological polar surface area (TPSA) is 72.9 Å². The maximum absolute atomic E-state index is 13.5. The molecular formula is C20H27ClFN3O3. The van der Waals surface area contributed by atoms with E-state index in [1.54, 1.807) is 17.9 Å². The van der Waals surface area contributed by atoms with Crippen molar-refractivity contribution in [2.24, 2.45) is 0 Å². The number of amides is 3. The Morgan fingerprint density at radius 3 is 2.75 bits per heavy atom. The Kier molecular flexibility index (Phi) is 6.78. The summed E-state index contributed by atoms with van der Waals surface area (Å²) < 4.78 is 13.5. The van der Waals surface area contributed by atoms with Gasteiger partial charge in [0.2, 0.25) is 5.91 Å². The molecule has 3 rings (SSSR count). The second-order valence-corrected chi connectivity index (χ2v) is 8.01. The third kappa shape index (κ3) is 4.94. The highest BCUT2D eigenvalue weighted by Crippen LogP contribution is 2.31. The molecular weight excluding hydrogens is 385 g/mol. The number of carbonyl (C=O) groups is 2. The lowest BCUT2D eigenvalue weighted by Crippen LogP contribution is -2.55. The average Bonchev–Trinajstić information content (AvgIpc) is 3.49. The third-order valence-corrected chi connectivity index (χ3v) is 5.74. The minimum Gasteiger partial charge on any atom is -0.396 e. The molecule has 1 aromatic carbocycles. The van der Waals surface area contributed by atoms with Crippen LogP contribution in [0.25, 0.3) is 0 Å². The highest BCUT2D eigenvalue weighted by atomic mass is 35.5. The molecule has 1 aliphatic heterocycles. The molecule has 1 saturated heterocycles. The van der Waals surface area contributed by atoms with Crippen molar-refractivity contribution in [1.29, 1.82) is 0 Å². The number of likely N-dealkylation sites (tertiary alicyclic amines) is 1. The number of hydrogen-bond donors (Lipinski definition) is 2. The molecule has 1 aromatic rings. The van der Waals surface area contributed by atoms with Crippen molar-refractivity contribution >= 4 is 23.5 Å². The fourth-order valence-corrected chi connectivity index (χ4v) is 3.97. The van der Waals surface area contributed by atoms with Gasteiger partial charge >= 0.3 is 6.03 Å². The van der Waals surface area contributed by atoms with Gasteiger partial charge in [-0.1, -0.05) is 11.6 Å². The van der Waals surface area contributed by atoms with E-state index >= 15 is 0 Å². The summed E-state index contributed by atoms with van der Waals surface area (Å²) in [7, 11) is 0. The van der Waals surface area contributed by atoms with Gasteiger partial charge in [-0.15, -0.1) is 0 Å². The summed E-state index contributed by atoms with van der Waals surface area (Å²) in [5.41, 5.74) is 1.51.